The van der Waals surface area contributed by atoms with Crippen molar-refractivity contribution in [2.24, 2.45) is 17.8 Å². The molecule has 0 aromatic heterocycles. The maximum absolute atomic E-state index is 11.4. The first-order chi connectivity index (χ1) is 7.08. The Bertz CT molecular complexity index is 272. The Morgan fingerprint density at radius 3 is 2.87 bits per heavy atom. The second-order valence-corrected chi connectivity index (χ2v) is 4.36. The fourth-order valence-electron chi connectivity index (χ4n) is 2.10. The van der Waals surface area contributed by atoms with Crippen molar-refractivity contribution < 1.29 is 9.53 Å². The molecular weight excluding hydrogens is 192 g/mol. The zero-order chi connectivity index (χ0) is 11.4. The van der Waals surface area contributed by atoms with Crippen LogP contribution >= 0.6 is 0 Å². The molecule has 1 aliphatic heterocycles. The molecule has 0 spiro atoms. The van der Waals surface area contributed by atoms with Crippen LogP contribution in [0.4, 0.5) is 0 Å². The summed E-state index contributed by atoms with van der Waals surface area (Å²) >= 11 is 0. The zero-order valence-electron chi connectivity index (χ0n) is 9.56. The summed E-state index contributed by atoms with van der Waals surface area (Å²) in [6.45, 7) is 6.30. The van der Waals surface area contributed by atoms with Gasteiger partial charge in [-0.15, -0.1) is 0 Å². The number of ether oxygens (including phenoxy) is 1. The SMILES string of the molecule is COC(=O)C1CN(CC(C)C#N)CC1C. The van der Waals surface area contributed by atoms with Crippen molar-refractivity contribution in [1.29, 1.82) is 5.26 Å². The van der Waals surface area contributed by atoms with Crippen LogP contribution in [0.1, 0.15) is 13.8 Å². The smallest absolute Gasteiger partial charge is 0.310 e. The second-order valence-electron chi connectivity index (χ2n) is 4.36. The van der Waals surface area contributed by atoms with Crippen LogP contribution in [0.25, 0.3) is 0 Å². The number of methoxy groups -OCH3 is 1. The molecule has 4 heteroatoms. The number of hydrogen-bond acceptors (Lipinski definition) is 4. The quantitative estimate of drug-likeness (QED) is 0.649. The molecule has 1 saturated heterocycles. The first kappa shape index (κ1) is 12.0. The van der Waals surface area contributed by atoms with Crippen LogP contribution < -0.4 is 0 Å². The standard InChI is InChI=1S/C11H18N2O2/c1-8(4-12)5-13-6-9(2)10(7-13)11(14)15-3/h8-10H,5-7H2,1-3H3. The lowest BCUT2D eigenvalue weighted by Crippen LogP contribution is -2.27. The van der Waals surface area contributed by atoms with Gasteiger partial charge in [0.05, 0.1) is 25.0 Å². The Hall–Kier alpha value is -1.08. The molecular formula is C11H18N2O2. The highest BCUT2D eigenvalue weighted by molar-refractivity contribution is 5.73. The molecule has 0 aliphatic carbocycles. The molecule has 0 aromatic rings. The molecule has 3 atom stereocenters. The van der Waals surface area contributed by atoms with E-state index in [2.05, 4.69) is 17.9 Å². The third-order valence-electron chi connectivity index (χ3n) is 2.94. The Balaban J connectivity index is 2.49. The van der Waals surface area contributed by atoms with Gasteiger partial charge < -0.3 is 9.64 Å². The molecule has 1 fully saturated rings. The van der Waals surface area contributed by atoms with Gasteiger partial charge >= 0.3 is 5.97 Å². The van der Waals surface area contributed by atoms with Gasteiger partial charge in [0.25, 0.3) is 0 Å². The van der Waals surface area contributed by atoms with Crippen LogP contribution in [-0.4, -0.2) is 37.6 Å². The van der Waals surface area contributed by atoms with Crippen molar-refractivity contribution in [3.8, 4) is 6.07 Å². The first-order valence-electron chi connectivity index (χ1n) is 5.28. The largest absolute Gasteiger partial charge is 0.469 e. The van der Waals surface area contributed by atoms with Gasteiger partial charge in [-0.2, -0.15) is 5.26 Å². The number of carbonyl (C=O) groups excluding carboxylic acids is 1. The first-order valence-corrected chi connectivity index (χ1v) is 5.28. The van der Waals surface area contributed by atoms with E-state index in [1.54, 1.807) is 0 Å². The minimum Gasteiger partial charge on any atom is -0.469 e. The zero-order valence-corrected chi connectivity index (χ0v) is 9.56. The predicted octanol–water partition coefficient (Wildman–Crippen LogP) is 0.887. The average molecular weight is 210 g/mol. The minimum absolute atomic E-state index is 0.0218. The fourth-order valence-corrected chi connectivity index (χ4v) is 2.10. The third-order valence-corrected chi connectivity index (χ3v) is 2.94. The number of nitrogens with zero attached hydrogens (tertiary/aromatic N) is 2. The number of likely N-dealkylation sites (tertiary alicyclic amines) is 1. The number of carbonyl (C=O) groups is 1. The van der Waals surface area contributed by atoms with Crippen LogP contribution in [0.15, 0.2) is 0 Å². The highest BCUT2D eigenvalue weighted by Crippen LogP contribution is 2.24. The third kappa shape index (κ3) is 2.93. The number of nitriles is 1. The van der Waals surface area contributed by atoms with Crippen LogP contribution in [0.5, 0.6) is 0 Å². The highest BCUT2D eigenvalue weighted by atomic mass is 16.5. The lowest BCUT2D eigenvalue weighted by Gasteiger charge is -2.16. The monoisotopic (exact) mass is 210 g/mol. The Morgan fingerprint density at radius 1 is 1.67 bits per heavy atom. The maximum Gasteiger partial charge on any atom is 0.310 e. The Kier molecular flexibility index (Phi) is 4.10. The van der Waals surface area contributed by atoms with Crippen LogP contribution in [-0.2, 0) is 9.53 Å². The van der Waals surface area contributed by atoms with Crippen molar-refractivity contribution in [1.82, 2.24) is 4.90 Å². The van der Waals surface area contributed by atoms with E-state index in [1.165, 1.54) is 7.11 Å². The lowest BCUT2D eigenvalue weighted by molar-refractivity contribution is -0.146. The molecule has 0 aromatic carbocycles. The lowest BCUT2D eigenvalue weighted by atomic mass is 9.99. The molecule has 3 unspecified atom stereocenters. The van der Waals surface area contributed by atoms with Gasteiger partial charge in [-0.25, -0.2) is 0 Å². The van der Waals surface area contributed by atoms with E-state index in [-0.39, 0.29) is 17.8 Å². The van der Waals surface area contributed by atoms with Crippen LogP contribution in [0, 0.1) is 29.1 Å². The summed E-state index contributed by atoms with van der Waals surface area (Å²) in [5.41, 5.74) is 0. The maximum atomic E-state index is 11.4. The summed E-state index contributed by atoms with van der Waals surface area (Å²) in [7, 11) is 1.43. The molecule has 1 aliphatic rings. The van der Waals surface area contributed by atoms with Crippen molar-refractivity contribution in [3.05, 3.63) is 0 Å². The van der Waals surface area contributed by atoms with Crippen LogP contribution in [0.2, 0.25) is 0 Å². The minimum atomic E-state index is -0.130. The van der Waals surface area contributed by atoms with Gasteiger partial charge in [0.2, 0.25) is 0 Å². The Labute approximate surface area is 90.8 Å². The average Bonchev–Trinajstić information content (AvgIpc) is 2.58. The molecule has 84 valence electrons. The summed E-state index contributed by atoms with van der Waals surface area (Å²) in [4.78, 5) is 13.6. The molecule has 1 heterocycles. The van der Waals surface area contributed by atoms with Gasteiger partial charge in [0.15, 0.2) is 0 Å². The molecule has 0 N–H and O–H groups in total. The molecule has 4 nitrogen and oxygen atoms in total. The van der Waals surface area contributed by atoms with Crippen molar-refractivity contribution >= 4 is 5.97 Å². The van der Waals surface area contributed by atoms with E-state index in [0.29, 0.717) is 5.92 Å². The van der Waals surface area contributed by atoms with Gasteiger partial charge in [-0.05, 0) is 12.8 Å². The normalized spacial score (nSPS) is 28.4. The van der Waals surface area contributed by atoms with Crippen molar-refractivity contribution in [2.75, 3.05) is 26.7 Å². The van der Waals surface area contributed by atoms with E-state index >= 15 is 0 Å². The number of hydrogen-bond donors (Lipinski definition) is 0. The van der Waals surface area contributed by atoms with E-state index in [9.17, 15) is 4.79 Å². The molecule has 0 radical (unpaired) electrons. The van der Waals surface area contributed by atoms with E-state index in [0.717, 1.165) is 19.6 Å². The van der Waals surface area contributed by atoms with E-state index in [1.807, 2.05) is 6.92 Å². The summed E-state index contributed by atoms with van der Waals surface area (Å²) in [5.74, 6) is 0.187. The fraction of sp³-hybridized carbons (Fsp3) is 0.818. The van der Waals surface area contributed by atoms with Crippen molar-refractivity contribution in [3.63, 3.8) is 0 Å². The predicted molar refractivity (Wildman–Crippen MR) is 55.9 cm³/mol. The molecule has 0 bridgehead atoms. The summed E-state index contributed by atoms with van der Waals surface area (Å²) in [6.07, 6.45) is 0. The van der Waals surface area contributed by atoms with Gasteiger partial charge in [0.1, 0.15) is 0 Å². The van der Waals surface area contributed by atoms with Crippen LogP contribution in [0.3, 0.4) is 0 Å². The molecule has 15 heavy (non-hydrogen) atoms. The van der Waals surface area contributed by atoms with Gasteiger partial charge in [-0.1, -0.05) is 6.92 Å². The number of rotatable bonds is 3. The second kappa shape index (κ2) is 5.13. The van der Waals surface area contributed by atoms with Crippen molar-refractivity contribution in [2.45, 2.75) is 13.8 Å². The highest BCUT2D eigenvalue weighted by Gasteiger charge is 2.35. The topological polar surface area (TPSA) is 53.3 Å². The summed E-state index contributed by atoms with van der Waals surface area (Å²) in [6, 6.07) is 2.21. The summed E-state index contributed by atoms with van der Waals surface area (Å²) < 4.78 is 4.75. The van der Waals surface area contributed by atoms with Gasteiger partial charge in [0, 0.05) is 19.6 Å². The molecule has 0 saturated carbocycles. The van der Waals surface area contributed by atoms with E-state index < -0.39 is 0 Å². The molecule has 1 rings (SSSR count). The van der Waals surface area contributed by atoms with Gasteiger partial charge in [-0.3, -0.25) is 4.79 Å². The van der Waals surface area contributed by atoms with E-state index in [4.69, 9.17) is 10.00 Å². The summed E-state index contributed by atoms with van der Waals surface area (Å²) in [5, 5.41) is 8.71. The molecule has 0 amide bonds. The Morgan fingerprint density at radius 2 is 2.33 bits per heavy atom. The number of esters is 1.